The number of nitrogens with one attached hydrogen (secondary N) is 2. The van der Waals surface area contributed by atoms with E-state index in [1.165, 1.54) is 6.07 Å². The smallest absolute Gasteiger partial charge is 0.253 e. The standard InChI is InChI=1S/C27H29ClN6O3/c1-33(15-19-6-5-7-21(12-19)37-2)17-26-22(18-35)25(32-31-24-9-4-3-8-23(24)28)13-27(36)34(26)16-20-14-29-10-11-30-20/h3-14,31-32,35H,15-18H2,1-2H3. The lowest BCUT2D eigenvalue weighted by molar-refractivity contribution is 0.269. The summed E-state index contributed by atoms with van der Waals surface area (Å²) in [5.41, 5.74) is 9.92. The van der Waals surface area contributed by atoms with E-state index in [0.717, 1.165) is 11.3 Å². The first kappa shape index (κ1) is 26.2. The first-order valence-electron chi connectivity index (χ1n) is 11.7. The van der Waals surface area contributed by atoms with E-state index in [0.29, 0.717) is 46.4 Å². The molecule has 0 aliphatic carbocycles. The summed E-state index contributed by atoms with van der Waals surface area (Å²) in [6, 6.07) is 16.5. The van der Waals surface area contributed by atoms with Crippen molar-refractivity contribution in [2.75, 3.05) is 25.0 Å². The van der Waals surface area contributed by atoms with Gasteiger partial charge in [0.2, 0.25) is 0 Å². The lowest BCUT2D eigenvalue weighted by Gasteiger charge is -2.24. The molecule has 0 saturated carbocycles. The lowest BCUT2D eigenvalue weighted by atomic mass is 10.1. The molecule has 0 atom stereocenters. The number of hydrazine groups is 1. The largest absolute Gasteiger partial charge is 0.497 e. The van der Waals surface area contributed by atoms with Crippen LogP contribution in [-0.2, 0) is 26.2 Å². The second kappa shape index (κ2) is 12.4. The Morgan fingerprint density at radius 1 is 1.05 bits per heavy atom. The van der Waals surface area contributed by atoms with Crippen molar-refractivity contribution in [3.8, 4) is 5.75 Å². The molecule has 4 aromatic rings. The number of pyridine rings is 1. The Bertz CT molecular complexity index is 1400. The summed E-state index contributed by atoms with van der Waals surface area (Å²) >= 11 is 6.26. The van der Waals surface area contributed by atoms with Crippen molar-refractivity contribution in [1.29, 1.82) is 0 Å². The molecule has 2 heterocycles. The summed E-state index contributed by atoms with van der Waals surface area (Å²) in [7, 11) is 3.59. The molecule has 0 unspecified atom stereocenters. The van der Waals surface area contributed by atoms with Gasteiger partial charge in [0, 0.05) is 42.8 Å². The summed E-state index contributed by atoms with van der Waals surface area (Å²) in [5, 5.41) is 11.0. The van der Waals surface area contributed by atoms with Crippen molar-refractivity contribution in [1.82, 2.24) is 19.4 Å². The summed E-state index contributed by atoms with van der Waals surface area (Å²) in [5.74, 6) is 0.776. The van der Waals surface area contributed by atoms with Gasteiger partial charge in [0.05, 0.1) is 48.5 Å². The maximum atomic E-state index is 13.3. The SMILES string of the molecule is COc1cccc(CN(C)Cc2c(CO)c(NNc3ccccc3Cl)cc(=O)n2Cc2cnccn2)c1. The number of benzene rings is 2. The van der Waals surface area contributed by atoms with Crippen LogP contribution in [0.3, 0.4) is 0 Å². The first-order valence-corrected chi connectivity index (χ1v) is 12.1. The molecular weight excluding hydrogens is 492 g/mol. The molecular formula is C27H29ClN6O3. The number of hydrogen-bond acceptors (Lipinski definition) is 8. The van der Waals surface area contributed by atoms with Crippen LogP contribution in [0.2, 0.25) is 5.02 Å². The number of aromatic nitrogens is 3. The Labute approximate surface area is 220 Å². The van der Waals surface area contributed by atoms with Crippen LogP contribution in [0.25, 0.3) is 0 Å². The van der Waals surface area contributed by atoms with Gasteiger partial charge in [-0.25, -0.2) is 0 Å². The highest BCUT2D eigenvalue weighted by atomic mass is 35.5. The molecule has 9 nitrogen and oxygen atoms in total. The van der Waals surface area contributed by atoms with Gasteiger partial charge in [-0.3, -0.25) is 25.1 Å². The summed E-state index contributed by atoms with van der Waals surface area (Å²) in [6.45, 7) is 0.941. The number of rotatable bonds is 11. The third-order valence-corrected chi connectivity index (χ3v) is 6.17. The minimum atomic E-state index is -0.282. The number of anilines is 2. The van der Waals surface area contributed by atoms with Gasteiger partial charge in [-0.15, -0.1) is 0 Å². The van der Waals surface area contributed by atoms with E-state index >= 15 is 0 Å². The van der Waals surface area contributed by atoms with Crippen molar-refractivity contribution >= 4 is 23.0 Å². The summed E-state index contributed by atoms with van der Waals surface area (Å²) < 4.78 is 6.97. The van der Waals surface area contributed by atoms with Crippen molar-refractivity contribution in [2.45, 2.75) is 26.2 Å². The molecule has 192 valence electrons. The molecule has 0 spiro atoms. The van der Waals surface area contributed by atoms with Crippen LogP contribution in [0.1, 0.15) is 22.5 Å². The fraction of sp³-hybridized carbons (Fsp3) is 0.222. The molecule has 0 bridgehead atoms. The topological polar surface area (TPSA) is 105 Å². The quantitative estimate of drug-likeness (QED) is 0.256. The Morgan fingerprint density at radius 2 is 1.86 bits per heavy atom. The van der Waals surface area contributed by atoms with Gasteiger partial charge in [0.15, 0.2) is 0 Å². The van der Waals surface area contributed by atoms with Crippen LogP contribution in [0.5, 0.6) is 5.75 Å². The van der Waals surface area contributed by atoms with Gasteiger partial charge in [0.25, 0.3) is 5.56 Å². The van der Waals surface area contributed by atoms with E-state index < -0.39 is 0 Å². The van der Waals surface area contributed by atoms with Gasteiger partial charge in [-0.1, -0.05) is 35.9 Å². The van der Waals surface area contributed by atoms with Crippen molar-refractivity contribution in [3.05, 3.63) is 111 Å². The number of methoxy groups -OCH3 is 1. The molecule has 0 aliphatic heterocycles. The van der Waals surface area contributed by atoms with Gasteiger partial charge < -0.3 is 19.8 Å². The second-order valence-electron chi connectivity index (χ2n) is 8.52. The fourth-order valence-corrected chi connectivity index (χ4v) is 4.23. The van der Waals surface area contributed by atoms with E-state index in [2.05, 4.69) is 25.7 Å². The first-order chi connectivity index (χ1) is 18.0. The fourth-order valence-electron chi connectivity index (χ4n) is 4.05. The molecule has 0 aliphatic rings. The molecule has 0 saturated heterocycles. The predicted octanol–water partition coefficient (Wildman–Crippen LogP) is 3.91. The second-order valence-corrected chi connectivity index (χ2v) is 8.92. The maximum Gasteiger partial charge on any atom is 0.253 e. The average molecular weight is 521 g/mol. The molecule has 0 fully saturated rings. The third-order valence-electron chi connectivity index (χ3n) is 5.84. The Morgan fingerprint density at radius 3 is 2.59 bits per heavy atom. The zero-order valence-corrected chi connectivity index (χ0v) is 21.4. The number of nitrogens with zero attached hydrogens (tertiary/aromatic N) is 4. The highest BCUT2D eigenvalue weighted by molar-refractivity contribution is 6.33. The van der Waals surface area contributed by atoms with Crippen LogP contribution >= 0.6 is 11.6 Å². The van der Waals surface area contributed by atoms with Crippen LogP contribution < -0.4 is 21.1 Å². The van der Waals surface area contributed by atoms with Gasteiger partial charge >= 0.3 is 0 Å². The zero-order chi connectivity index (χ0) is 26.2. The minimum Gasteiger partial charge on any atom is -0.497 e. The summed E-state index contributed by atoms with van der Waals surface area (Å²) in [4.78, 5) is 23.9. The number of ether oxygens (including phenoxy) is 1. The molecule has 37 heavy (non-hydrogen) atoms. The average Bonchev–Trinajstić information content (AvgIpc) is 2.91. The monoisotopic (exact) mass is 520 g/mol. The van der Waals surface area contributed by atoms with Crippen LogP contribution in [-0.4, -0.2) is 38.7 Å². The molecule has 10 heteroatoms. The van der Waals surface area contributed by atoms with E-state index in [4.69, 9.17) is 16.3 Å². The van der Waals surface area contributed by atoms with Crippen LogP contribution in [0.4, 0.5) is 11.4 Å². The van der Waals surface area contributed by atoms with Crippen molar-refractivity contribution in [2.24, 2.45) is 0 Å². The van der Waals surface area contributed by atoms with E-state index in [1.807, 2.05) is 49.5 Å². The van der Waals surface area contributed by atoms with Crippen LogP contribution in [0.15, 0.2) is 78.0 Å². The number of aliphatic hydroxyl groups excluding tert-OH is 1. The lowest BCUT2D eigenvalue weighted by Crippen LogP contribution is -2.31. The van der Waals surface area contributed by atoms with Crippen LogP contribution in [0, 0.1) is 0 Å². The number of hydrogen-bond donors (Lipinski definition) is 3. The number of halogens is 1. The van der Waals surface area contributed by atoms with Crippen molar-refractivity contribution in [3.63, 3.8) is 0 Å². The molecule has 4 rings (SSSR count). The predicted molar refractivity (Wildman–Crippen MR) is 145 cm³/mol. The number of para-hydroxylation sites is 1. The molecule has 2 aromatic heterocycles. The Hall–Kier alpha value is -3.92. The highest BCUT2D eigenvalue weighted by Crippen LogP contribution is 2.24. The Balaban J connectivity index is 1.68. The van der Waals surface area contributed by atoms with Gasteiger partial charge in [-0.2, -0.15) is 0 Å². The minimum absolute atomic E-state index is 0.222. The zero-order valence-electron chi connectivity index (χ0n) is 20.7. The van der Waals surface area contributed by atoms with Crippen molar-refractivity contribution < 1.29 is 9.84 Å². The third kappa shape index (κ3) is 6.65. The van der Waals surface area contributed by atoms with Gasteiger partial charge in [0.1, 0.15) is 5.75 Å². The normalized spacial score (nSPS) is 10.9. The van der Waals surface area contributed by atoms with E-state index in [-0.39, 0.29) is 18.7 Å². The summed E-state index contributed by atoms with van der Waals surface area (Å²) in [6.07, 6.45) is 4.80. The number of aliphatic hydroxyl groups is 1. The maximum absolute atomic E-state index is 13.3. The Kier molecular flexibility index (Phi) is 8.73. The molecule has 0 radical (unpaired) electrons. The van der Waals surface area contributed by atoms with Gasteiger partial charge in [-0.05, 0) is 36.9 Å². The molecule has 0 amide bonds. The molecule has 3 N–H and O–H groups in total. The molecule has 2 aromatic carbocycles. The highest BCUT2D eigenvalue weighted by Gasteiger charge is 2.18. The van der Waals surface area contributed by atoms with E-state index in [1.54, 1.807) is 36.3 Å². The van der Waals surface area contributed by atoms with E-state index in [9.17, 15) is 9.90 Å².